The van der Waals surface area contributed by atoms with Crippen LogP contribution >= 0.6 is 11.8 Å². The molecule has 0 amide bonds. The molecule has 0 spiro atoms. The van der Waals surface area contributed by atoms with Gasteiger partial charge in [0, 0.05) is 31.8 Å². The molecule has 0 aromatic carbocycles. The minimum absolute atomic E-state index is 0.271. The van der Waals surface area contributed by atoms with E-state index in [9.17, 15) is 0 Å². The average Bonchev–Trinajstić information content (AvgIpc) is 2.55. The molecule has 2 saturated heterocycles. The molecule has 0 aliphatic carbocycles. The number of ether oxygens (including phenoxy) is 1. The van der Waals surface area contributed by atoms with E-state index in [1.165, 1.54) is 24.3 Å². The molecule has 0 saturated carbocycles. The fourth-order valence-corrected chi connectivity index (χ4v) is 4.08. The molecule has 2 fully saturated rings. The molecule has 0 radical (unpaired) electrons. The highest BCUT2D eigenvalue weighted by Gasteiger charge is 2.37. The number of nitrogens with zero attached hydrogens (tertiary/aromatic N) is 1. The fraction of sp³-hybridized carbons (Fsp3) is 1.00. The van der Waals surface area contributed by atoms with E-state index in [4.69, 9.17) is 10.5 Å². The first-order valence-corrected chi connectivity index (χ1v) is 7.57. The molecular weight excluding hydrogens is 220 g/mol. The molecule has 1 atom stereocenters. The first-order chi connectivity index (χ1) is 7.77. The quantitative estimate of drug-likeness (QED) is 0.795. The molecule has 4 heteroatoms. The van der Waals surface area contributed by atoms with Gasteiger partial charge in [0.2, 0.25) is 0 Å². The van der Waals surface area contributed by atoms with Crippen LogP contribution in [0.5, 0.6) is 0 Å². The van der Waals surface area contributed by atoms with Crippen LogP contribution in [0.4, 0.5) is 0 Å². The Balaban J connectivity index is 2.05. The van der Waals surface area contributed by atoms with Gasteiger partial charge in [-0.3, -0.25) is 4.90 Å². The molecule has 0 aromatic heterocycles. The predicted molar refractivity (Wildman–Crippen MR) is 69.9 cm³/mol. The van der Waals surface area contributed by atoms with Gasteiger partial charge in [0.05, 0.1) is 6.10 Å². The monoisotopic (exact) mass is 244 g/mol. The molecule has 2 aliphatic heterocycles. The summed E-state index contributed by atoms with van der Waals surface area (Å²) in [6.45, 7) is 6.11. The van der Waals surface area contributed by atoms with Crippen molar-refractivity contribution in [3.63, 3.8) is 0 Å². The molecule has 0 bridgehead atoms. The molecule has 2 rings (SSSR count). The van der Waals surface area contributed by atoms with Crippen LogP contribution in [0.25, 0.3) is 0 Å². The highest BCUT2D eigenvalue weighted by atomic mass is 32.2. The van der Waals surface area contributed by atoms with E-state index >= 15 is 0 Å². The van der Waals surface area contributed by atoms with Crippen molar-refractivity contribution in [3.05, 3.63) is 0 Å². The molecule has 16 heavy (non-hydrogen) atoms. The van der Waals surface area contributed by atoms with Crippen LogP contribution in [0.1, 0.15) is 26.2 Å². The molecule has 3 nitrogen and oxygen atoms in total. The minimum atomic E-state index is 0.271. The van der Waals surface area contributed by atoms with Crippen LogP contribution in [0.2, 0.25) is 0 Å². The number of hydrogen-bond donors (Lipinski definition) is 1. The molecule has 0 aromatic rings. The van der Waals surface area contributed by atoms with Gasteiger partial charge < -0.3 is 10.5 Å². The lowest BCUT2D eigenvalue weighted by Gasteiger charge is -2.46. The Bertz CT molecular complexity index is 219. The summed E-state index contributed by atoms with van der Waals surface area (Å²) in [5.74, 6) is 2.53. The lowest BCUT2D eigenvalue weighted by Crippen LogP contribution is -2.57. The van der Waals surface area contributed by atoms with Gasteiger partial charge in [0.1, 0.15) is 0 Å². The average molecular weight is 244 g/mol. The van der Waals surface area contributed by atoms with Crippen molar-refractivity contribution in [2.75, 3.05) is 37.7 Å². The molecule has 2 aliphatic rings. The largest absolute Gasteiger partial charge is 0.377 e. The van der Waals surface area contributed by atoms with Gasteiger partial charge in [0.15, 0.2) is 0 Å². The Morgan fingerprint density at radius 2 is 2.19 bits per heavy atom. The van der Waals surface area contributed by atoms with E-state index < -0.39 is 0 Å². The van der Waals surface area contributed by atoms with Crippen molar-refractivity contribution < 1.29 is 4.74 Å². The fourth-order valence-electron chi connectivity index (χ4n) is 2.83. The Labute approximate surface area is 103 Å². The van der Waals surface area contributed by atoms with E-state index in [1.807, 2.05) is 0 Å². The van der Waals surface area contributed by atoms with Crippen molar-refractivity contribution >= 4 is 11.8 Å². The van der Waals surface area contributed by atoms with Crippen LogP contribution < -0.4 is 5.73 Å². The van der Waals surface area contributed by atoms with E-state index in [-0.39, 0.29) is 5.54 Å². The molecular formula is C12H24N2OS. The highest BCUT2D eigenvalue weighted by Crippen LogP contribution is 2.32. The van der Waals surface area contributed by atoms with Crippen molar-refractivity contribution in [2.45, 2.75) is 37.8 Å². The maximum absolute atomic E-state index is 6.07. The first kappa shape index (κ1) is 12.7. The molecule has 1 unspecified atom stereocenters. The van der Waals surface area contributed by atoms with Crippen molar-refractivity contribution in [3.8, 4) is 0 Å². The van der Waals surface area contributed by atoms with Gasteiger partial charge in [-0.15, -0.1) is 0 Å². The standard InChI is InChI=1S/C12H24N2OS/c1-11-9-14(5-2-6-15-11)12(10-13)3-7-16-8-4-12/h11H,2-10,13H2,1H3. The maximum atomic E-state index is 6.07. The SMILES string of the molecule is CC1CN(C2(CN)CCSCC2)CCCO1. The van der Waals surface area contributed by atoms with Crippen LogP contribution in [0.3, 0.4) is 0 Å². The minimum Gasteiger partial charge on any atom is -0.377 e. The van der Waals surface area contributed by atoms with E-state index in [1.54, 1.807) is 0 Å². The zero-order valence-electron chi connectivity index (χ0n) is 10.3. The number of rotatable bonds is 2. The summed E-state index contributed by atoms with van der Waals surface area (Å²) in [5, 5.41) is 0. The second-order valence-corrected chi connectivity index (χ2v) is 6.25. The second kappa shape index (κ2) is 5.71. The Kier molecular flexibility index (Phi) is 4.53. The van der Waals surface area contributed by atoms with Crippen molar-refractivity contribution in [2.24, 2.45) is 5.73 Å². The van der Waals surface area contributed by atoms with Crippen LogP contribution in [0.15, 0.2) is 0 Å². The summed E-state index contributed by atoms with van der Waals surface area (Å²) in [4.78, 5) is 2.62. The van der Waals surface area contributed by atoms with Gasteiger partial charge in [-0.05, 0) is 37.7 Å². The summed E-state index contributed by atoms with van der Waals surface area (Å²) in [7, 11) is 0. The summed E-state index contributed by atoms with van der Waals surface area (Å²) in [6.07, 6.45) is 4.02. The molecule has 2 heterocycles. The van der Waals surface area contributed by atoms with Gasteiger partial charge in [0.25, 0.3) is 0 Å². The van der Waals surface area contributed by atoms with E-state index in [0.29, 0.717) is 6.10 Å². The Morgan fingerprint density at radius 1 is 1.44 bits per heavy atom. The van der Waals surface area contributed by atoms with E-state index in [0.717, 1.165) is 32.7 Å². The maximum Gasteiger partial charge on any atom is 0.0674 e. The van der Waals surface area contributed by atoms with E-state index in [2.05, 4.69) is 23.6 Å². The highest BCUT2D eigenvalue weighted by molar-refractivity contribution is 7.99. The summed E-state index contributed by atoms with van der Waals surface area (Å²) >= 11 is 2.07. The topological polar surface area (TPSA) is 38.5 Å². The van der Waals surface area contributed by atoms with Gasteiger partial charge in [-0.2, -0.15) is 11.8 Å². The lowest BCUT2D eigenvalue weighted by atomic mass is 9.89. The van der Waals surface area contributed by atoms with Crippen molar-refractivity contribution in [1.29, 1.82) is 0 Å². The zero-order chi connectivity index (χ0) is 11.4. The summed E-state index contributed by atoms with van der Waals surface area (Å²) in [6, 6.07) is 0. The normalized spacial score (nSPS) is 32.2. The van der Waals surface area contributed by atoms with Crippen molar-refractivity contribution in [1.82, 2.24) is 4.90 Å². The van der Waals surface area contributed by atoms with Gasteiger partial charge in [-0.1, -0.05) is 0 Å². The third-order valence-corrected chi connectivity index (χ3v) is 4.91. The van der Waals surface area contributed by atoms with Crippen LogP contribution in [-0.2, 0) is 4.74 Å². The smallest absolute Gasteiger partial charge is 0.0674 e. The Morgan fingerprint density at radius 3 is 2.88 bits per heavy atom. The second-order valence-electron chi connectivity index (χ2n) is 5.02. The predicted octanol–water partition coefficient (Wildman–Crippen LogP) is 1.32. The zero-order valence-corrected chi connectivity index (χ0v) is 11.1. The summed E-state index contributed by atoms with van der Waals surface area (Å²) in [5.41, 5.74) is 6.34. The van der Waals surface area contributed by atoms with Crippen LogP contribution in [0, 0.1) is 0 Å². The lowest BCUT2D eigenvalue weighted by molar-refractivity contribution is 0.0340. The number of thioether (sulfide) groups is 1. The molecule has 2 N–H and O–H groups in total. The number of nitrogens with two attached hydrogens (primary N) is 1. The van der Waals surface area contributed by atoms with Gasteiger partial charge in [-0.25, -0.2) is 0 Å². The third-order valence-electron chi connectivity index (χ3n) is 3.93. The Hall–Kier alpha value is 0.230. The van der Waals surface area contributed by atoms with Crippen LogP contribution in [-0.4, -0.2) is 54.3 Å². The first-order valence-electron chi connectivity index (χ1n) is 6.41. The van der Waals surface area contributed by atoms with Gasteiger partial charge >= 0.3 is 0 Å². The summed E-state index contributed by atoms with van der Waals surface area (Å²) < 4.78 is 5.73. The molecule has 94 valence electrons. The third kappa shape index (κ3) is 2.73. The number of hydrogen-bond acceptors (Lipinski definition) is 4.